The maximum Gasteiger partial charge on any atom is 0.257 e. The van der Waals surface area contributed by atoms with Crippen LogP contribution >= 0.6 is 0 Å². The summed E-state index contributed by atoms with van der Waals surface area (Å²) < 4.78 is 6.03. The highest BCUT2D eigenvalue weighted by Crippen LogP contribution is 2.36. The molecule has 1 amide bonds. The van der Waals surface area contributed by atoms with Crippen LogP contribution in [0.4, 0.5) is 0 Å². The Balaban J connectivity index is 1.35. The minimum atomic E-state index is 0.0847. The first-order chi connectivity index (χ1) is 16.1. The van der Waals surface area contributed by atoms with Crippen molar-refractivity contribution < 1.29 is 9.53 Å². The normalized spacial score (nSPS) is 20.8. The molecule has 3 aliphatic rings. The summed E-state index contributed by atoms with van der Waals surface area (Å²) in [6.45, 7) is 8.27. The molecule has 0 radical (unpaired) electrons. The van der Waals surface area contributed by atoms with Crippen LogP contribution in [0.3, 0.4) is 0 Å². The first-order valence-electron chi connectivity index (χ1n) is 12.8. The minimum absolute atomic E-state index is 0.0847. The molecule has 2 fully saturated rings. The summed E-state index contributed by atoms with van der Waals surface area (Å²) in [6.07, 6.45) is 10.9. The SMILES string of the molecule is CCOc1cc2c(cc1CN1CCCC1c1ncc(C(=O)N3CCCCC3)c(C)n1)CCC2. The number of carbonyl (C=O) groups is 1. The Morgan fingerprint density at radius 3 is 2.61 bits per heavy atom. The Morgan fingerprint density at radius 1 is 1.06 bits per heavy atom. The lowest BCUT2D eigenvalue weighted by molar-refractivity contribution is 0.0722. The average Bonchev–Trinajstić information content (AvgIpc) is 3.49. The van der Waals surface area contributed by atoms with Gasteiger partial charge >= 0.3 is 0 Å². The molecule has 1 atom stereocenters. The predicted molar refractivity (Wildman–Crippen MR) is 129 cm³/mol. The van der Waals surface area contributed by atoms with Gasteiger partial charge in [0.05, 0.1) is 23.9 Å². The number of aromatic nitrogens is 2. The molecule has 2 aromatic rings. The lowest BCUT2D eigenvalue weighted by Crippen LogP contribution is -2.36. The molecule has 1 aliphatic carbocycles. The first-order valence-corrected chi connectivity index (χ1v) is 12.8. The van der Waals surface area contributed by atoms with Crippen molar-refractivity contribution in [1.82, 2.24) is 19.8 Å². The quantitative estimate of drug-likeness (QED) is 0.645. The smallest absolute Gasteiger partial charge is 0.257 e. The molecule has 2 saturated heterocycles. The second-order valence-corrected chi connectivity index (χ2v) is 9.72. The van der Waals surface area contributed by atoms with Gasteiger partial charge in [0, 0.05) is 31.4 Å². The molecule has 0 spiro atoms. The molecule has 6 nitrogen and oxygen atoms in total. The van der Waals surface area contributed by atoms with Crippen LogP contribution in [0.1, 0.15) is 90.1 Å². The predicted octanol–water partition coefficient (Wildman–Crippen LogP) is 4.64. The van der Waals surface area contributed by atoms with E-state index in [-0.39, 0.29) is 11.9 Å². The van der Waals surface area contributed by atoms with Gasteiger partial charge in [0.25, 0.3) is 5.91 Å². The molecule has 0 saturated carbocycles. The highest BCUT2D eigenvalue weighted by Gasteiger charge is 2.30. The minimum Gasteiger partial charge on any atom is -0.494 e. The highest BCUT2D eigenvalue weighted by molar-refractivity contribution is 5.95. The number of piperidine rings is 1. The van der Waals surface area contributed by atoms with E-state index in [1.165, 1.54) is 36.0 Å². The fraction of sp³-hybridized carbons (Fsp3) is 0.593. The lowest BCUT2D eigenvalue weighted by Gasteiger charge is -2.28. The second kappa shape index (κ2) is 9.80. The van der Waals surface area contributed by atoms with Crippen LogP contribution in [0.2, 0.25) is 0 Å². The topological polar surface area (TPSA) is 58.6 Å². The number of amides is 1. The van der Waals surface area contributed by atoms with Crippen molar-refractivity contribution >= 4 is 5.91 Å². The van der Waals surface area contributed by atoms with E-state index in [1.54, 1.807) is 6.20 Å². The van der Waals surface area contributed by atoms with Gasteiger partial charge in [0.15, 0.2) is 0 Å². The molecule has 1 aromatic carbocycles. The van der Waals surface area contributed by atoms with E-state index in [0.29, 0.717) is 12.2 Å². The van der Waals surface area contributed by atoms with Crippen molar-refractivity contribution in [3.63, 3.8) is 0 Å². The number of ether oxygens (including phenoxy) is 1. The lowest BCUT2D eigenvalue weighted by atomic mass is 10.0. The summed E-state index contributed by atoms with van der Waals surface area (Å²) >= 11 is 0. The zero-order valence-corrected chi connectivity index (χ0v) is 20.1. The second-order valence-electron chi connectivity index (χ2n) is 9.72. The van der Waals surface area contributed by atoms with Gasteiger partial charge in [0.1, 0.15) is 11.6 Å². The molecule has 5 rings (SSSR count). The molecule has 1 aromatic heterocycles. The molecular weight excluding hydrogens is 412 g/mol. The molecule has 0 N–H and O–H groups in total. The Labute approximate surface area is 197 Å². The zero-order chi connectivity index (χ0) is 22.8. The Bertz CT molecular complexity index is 1020. The van der Waals surface area contributed by atoms with E-state index in [4.69, 9.17) is 14.7 Å². The van der Waals surface area contributed by atoms with Gasteiger partial charge in [0.2, 0.25) is 0 Å². The third kappa shape index (κ3) is 4.63. The van der Waals surface area contributed by atoms with Crippen LogP contribution in [0, 0.1) is 6.92 Å². The number of fused-ring (bicyclic) bond motifs is 1. The molecule has 176 valence electrons. The van der Waals surface area contributed by atoms with E-state index in [2.05, 4.69) is 24.0 Å². The maximum atomic E-state index is 13.0. The summed E-state index contributed by atoms with van der Waals surface area (Å²) in [4.78, 5) is 27.0. The third-order valence-electron chi connectivity index (χ3n) is 7.48. The van der Waals surface area contributed by atoms with Gasteiger partial charge in [-0.1, -0.05) is 6.07 Å². The van der Waals surface area contributed by atoms with Gasteiger partial charge in [-0.25, -0.2) is 9.97 Å². The van der Waals surface area contributed by atoms with Crippen molar-refractivity contribution in [2.24, 2.45) is 0 Å². The van der Waals surface area contributed by atoms with Crippen LogP contribution < -0.4 is 4.74 Å². The van der Waals surface area contributed by atoms with E-state index >= 15 is 0 Å². The van der Waals surface area contributed by atoms with E-state index in [0.717, 1.165) is 75.6 Å². The molecule has 3 heterocycles. The average molecular weight is 449 g/mol. The largest absolute Gasteiger partial charge is 0.494 e. The number of rotatable bonds is 6. The van der Waals surface area contributed by atoms with Crippen molar-refractivity contribution in [3.8, 4) is 5.75 Å². The molecular formula is C27H36N4O2. The van der Waals surface area contributed by atoms with Crippen molar-refractivity contribution in [1.29, 1.82) is 0 Å². The molecule has 1 unspecified atom stereocenters. The number of carbonyl (C=O) groups excluding carboxylic acids is 1. The Hall–Kier alpha value is -2.47. The fourth-order valence-electron chi connectivity index (χ4n) is 5.72. The van der Waals surface area contributed by atoms with Crippen LogP contribution in [0.15, 0.2) is 18.3 Å². The monoisotopic (exact) mass is 448 g/mol. The number of benzene rings is 1. The van der Waals surface area contributed by atoms with Crippen molar-refractivity contribution in [2.45, 2.75) is 77.8 Å². The summed E-state index contributed by atoms with van der Waals surface area (Å²) in [5.41, 5.74) is 5.67. The fourth-order valence-corrected chi connectivity index (χ4v) is 5.72. The van der Waals surface area contributed by atoms with Gasteiger partial charge in [-0.05, 0) is 89.0 Å². The standard InChI is InChI=1S/C27H36N4O2/c1-3-33-25-16-21-10-7-9-20(21)15-22(25)18-31-14-8-11-24(31)26-28-17-23(19(2)29-26)27(32)30-12-5-4-6-13-30/h15-17,24H,3-14,18H2,1-2H3. The highest BCUT2D eigenvalue weighted by atomic mass is 16.5. The van der Waals surface area contributed by atoms with Crippen molar-refractivity contribution in [3.05, 3.63) is 52.1 Å². The summed E-state index contributed by atoms with van der Waals surface area (Å²) in [5.74, 6) is 1.96. The maximum absolute atomic E-state index is 13.0. The zero-order valence-electron chi connectivity index (χ0n) is 20.1. The third-order valence-corrected chi connectivity index (χ3v) is 7.48. The summed E-state index contributed by atoms with van der Waals surface area (Å²) in [7, 11) is 0. The number of hydrogen-bond acceptors (Lipinski definition) is 5. The molecule has 0 bridgehead atoms. The molecule has 33 heavy (non-hydrogen) atoms. The van der Waals surface area contributed by atoms with Crippen LogP contribution in [-0.2, 0) is 19.4 Å². The number of likely N-dealkylation sites (tertiary alicyclic amines) is 2. The summed E-state index contributed by atoms with van der Waals surface area (Å²) in [5, 5.41) is 0. The Morgan fingerprint density at radius 2 is 1.85 bits per heavy atom. The van der Waals surface area contributed by atoms with Gasteiger partial charge in [-0.15, -0.1) is 0 Å². The van der Waals surface area contributed by atoms with Crippen molar-refractivity contribution in [2.75, 3.05) is 26.2 Å². The van der Waals surface area contributed by atoms with Crippen LogP contribution in [0.5, 0.6) is 5.75 Å². The molecule has 6 heteroatoms. The first kappa shape index (κ1) is 22.3. The summed E-state index contributed by atoms with van der Waals surface area (Å²) in [6, 6.07) is 4.83. The van der Waals surface area contributed by atoms with Gasteiger partial charge in [-0.2, -0.15) is 0 Å². The number of nitrogens with zero attached hydrogens (tertiary/aromatic N) is 4. The van der Waals surface area contributed by atoms with Crippen LogP contribution in [-0.4, -0.2) is 51.9 Å². The van der Waals surface area contributed by atoms with E-state index in [1.807, 2.05) is 11.8 Å². The number of hydrogen-bond donors (Lipinski definition) is 0. The van der Waals surface area contributed by atoms with Gasteiger partial charge in [-0.3, -0.25) is 9.69 Å². The van der Waals surface area contributed by atoms with Gasteiger partial charge < -0.3 is 9.64 Å². The Kier molecular flexibility index (Phi) is 6.63. The van der Waals surface area contributed by atoms with E-state index in [9.17, 15) is 4.79 Å². The number of aryl methyl sites for hydroxylation is 3. The van der Waals surface area contributed by atoms with Crippen LogP contribution in [0.25, 0.3) is 0 Å². The van der Waals surface area contributed by atoms with E-state index < -0.39 is 0 Å². The molecule has 2 aliphatic heterocycles.